The van der Waals surface area contributed by atoms with Crippen LogP contribution < -0.4 is 15.5 Å². The van der Waals surface area contributed by atoms with Crippen LogP contribution in [0.5, 0.6) is 5.75 Å². The monoisotopic (exact) mass is 449 g/mol. The molecule has 2 N–H and O–H groups in total. The van der Waals surface area contributed by atoms with Crippen molar-refractivity contribution in [1.29, 1.82) is 0 Å². The van der Waals surface area contributed by atoms with Gasteiger partial charge in [0, 0.05) is 11.8 Å². The first-order valence-corrected chi connectivity index (χ1v) is 9.63. The fourth-order valence-electron chi connectivity index (χ4n) is 2.69. The number of non-ortho nitro benzene ring substituents is 1. The van der Waals surface area contributed by atoms with Crippen LogP contribution >= 0.6 is 0 Å². The number of aryl methyl sites for hydroxylation is 1. The zero-order chi connectivity index (χ0) is 23.8. The summed E-state index contributed by atoms with van der Waals surface area (Å²) in [5.41, 5.74) is 4.10. The Balaban J connectivity index is 1.54. The van der Waals surface area contributed by atoms with Crippen molar-refractivity contribution in [3.63, 3.8) is 0 Å². The van der Waals surface area contributed by atoms with Crippen LogP contribution in [-0.4, -0.2) is 28.6 Å². The van der Waals surface area contributed by atoms with Gasteiger partial charge in [-0.2, -0.15) is 5.10 Å². The topological polar surface area (TPSA) is 149 Å². The summed E-state index contributed by atoms with van der Waals surface area (Å²) in [5, 5.41) is 28.6. The third-order valence-corrected chi connectivity index (χ3v) is 4.37. The van der Waals surface area contributed by atoms with E-state index in [0.717, 1.165) is 17.7 Å². The molecule has 33 heavy (non-hydrogen) atoms. The van der Waals surface area contributed by atoms with Crippen molar-refractivity contribution in [2.24, 2.45) is 5.10 Å². The zero-order valence-corrected chi connectivity index (χ0v) is 17.4. The molecule has 0 saturated heterocycles. The summed E-state index contributed by atoms with van der Waals surface area (Å²) in [6.45, 7) is 1.80. The average molecular weight is 449 g/mol. The number of hydrogen-bond donors (Lipinski definition) is 2. The van der Waals surface area contributed by atoms with Gasteiger partial charge in [0.2, 0.25) is 0 Å². The number of nitro benzene ring substituents is 2. The van der Waals surface area contributed by atoms with Gasteiger partial charge in [-0.25, -0.2) is 0 Å². The van der Waals surface area contributed by atoms with Crippen LogP contribution in [-0.2, 0) is 4.79 Å². The Morgan fingerprint density at radius 2 is 1.70 bits per heavy atom. The Morgan fingerprint density at radius 3 is 2.33 bits per heavy atom. The Kier molecular flexibility index (Phi) is 7.27. The molecule has 0 heterocycles. The first-order chi connectivity index (χ1) is 15.8. The second-order valence-electron chi connectivity index (χ2n) is 6.86. The fraction of sp³-hybridized carbons (Fsp3) is 0.0909. The summed E-state index contributed by atoms with van der Waals surface area (Å²) < 4.78 is 5.46. The normalized spacial score (nSPS) is 10.6. The van der Waals surface area contributed by atoms with Crippen molar-refractivity contribution in [2.45, 2.75) is 6.92 Å². The van der Waals surface area contributed by atoms with Gasteiger partial charge in [-0.05, 0) is 55.0 Å². The molecule has 0 bridgehead atoms. The predicted octanol–water partition coefficient (Wildman–Crippen LogP) is 4.27. The molecule has 0 aromatic heterocycles. The first-order valence-electron chi connectivity index (χ1n) is 9.63. The van der Waals surface area contributed by atoms with E-state index in [-0.39, 0.29) is 23.9 Å². The highest BCUT2D eigenvalue weighted by molar-refractivity contribution is 5.91. The summed E-state index contributed by atoms with van der Waals surface area (Å²) in [5.74, 6) is 0.184. The van der Waals surface area contributed by atoms with Crippen molar-refractivity contribution in [3.05, 3.63) is 98.1 Å². The summed E-state index contributed by atoms with van der Waals surface area (Å²) >= 11 is 0. The van der Waals surface area contributed by atoms with E-state index in [2.05, 4.69) is 15.8 Å². The smallest absolute Gasteiger partial charge is 0.301 e. The predicted molar refractivity (Wildman–Crippen MR) is 123 cm³/mol. The maximum absolute atomic E-state index is 12.0. The van der Waals surface area contributed by atoms with Crippen LogP contribution in [0.4, 0.5) is 22.7 Å². The number of nitrogens with one attached hydrogen (secondary N) is 2. The molecule has 11 nitrogen and oxygen atoms in total. The van der Waals surface area contributed by atoms with E-state index in [0.29, 0.717) is 17.0 Å². The van der Waals surface area contributed by atoms with Gasteiger partial charge in [0.15, 0.2) is 6.61 Å². The third-order valence-electron chi connectivity index (χ3n) is 4.37. The molecule has 11 heteroatoms. The Morgan fingerprint density at radius 1 is 1.00 bits per heavy atom. The lowest BCUT2D eigenvalue weighted by atomic mass is 10.2. The lowest BCUT2D eigenvalue weighted by Gasteiger charge is -2.08. The highest BCUT2D eigenvalue weighted by atomic mass is 16.6. The second kappa shape index (κ2) is 10.5. The Hall–Kier alpha value is -4.80. The van der Waals surface area contributed by atoms with Gasteiger partial charge >= 0.3 is 5.69 Å². The number of rotatable bonds is 9. The maximum atomic E-state index is 12.0. The number of nitrogens with zero attached hydrogens (tertiary/aromatic N) is 3. The molecule has 0 saturated carbocycles. The number of benzene rings is 3. The Labute approximate surface area is 188 Å². The van der Waals surface area contributed by atoms with E-state index < -0.39 is 15.5 Å². The number of carbonyl (C=O) groups excluding carboxylic acids is 1. The van der Waals surface area contributed by atoms with Crippen molar-refractivity contribution < 1.29 is 19.4 Å². The highest BCUT2D eigenvalue weighted by Gasteiger charge is 2.19. The SMILES string of the molecule is Cc1ccc(NC(=O)COc2ccc(/C=N\Nc3ccc([N+](=O)[O-])cc3[N+](=O)[O-])cc2)cc1. The van der Waals surface area contributed by atoms with E-state index in [1.165, 1.54) is 12.3 Å². The van der Waals surface area contributed by atoms with Crippen LogP contribution in [0.15, 0.2) is 71.8 Å². The lowest BCUT2D eigenvalue weighted by molar-refractivity contribution is -0.393. The summed E-state index contributed by atoms with van der Waals surface area (Å²) in [7, 11) is 0. The molecule has 0 atom stereocenters. The average Bonchev–Trinajstić information content (AvgIpc) is 2.80. The molecule has 168 valence electrons. The van der Waals surface area contributed by atoms with Gasteiger partial charge in [0.1, 0.15) is 11.4 Å². The minimum atomic E-state index is -0.730. The maximum Gasteiger partial charge on any atom is 0.301 e. The number of hydrogen-bond acceptors (Lipinski definition) is 8. The fourth-order valence-corrected chi connectivity index (χ4v) is 2.69. The van der Waals surface area contributed by atoms with Crippen molar-refractivity contribution >= 4 is 34.9 Å². The standard InChI is InChI=1S/C22H19N5O6/c1-15-2-6-17(7-3-15)24-22(28)14-33-19-9-4-16(5-10-19)13-23-25-20-11-8-18(26(29)30)12-21(20)27(31)32/h2-13,25H,14H2,1H3,(H,24,28)/b23-13-. The van der Waals surface area contributed by atoms with E-state index in [1.54, 1.807) is 36.4 Å². The summed E-state index contributed by atoms with van der Waals surface area (Å²) in [6.07, 6.45) is 1.42. The number of amides is 1. The molecule has 0 spiro atoms. The number of ether oxygens (including phenoxy) is 1. The second-order valence-corrected chi connectivity index (χ2v) is 6.86. The molecular weight excluding hydrogens is 430 g/mol. The quantitative estimate of drug-likeness (QED) is 0.281. The van der Waals surface area contributed by atoms with Gasteiger partial charge < -0.3 is 10.1 Å². The van der Waals surface area contributed by atoms with E-state index >= 15 is 0 Å². The molecule has 0 unspecified atom stereocenters. The summed E-state index contributed by atoms with van der Waals surface area (Å²) in [6, 6.07) is 17.3. The highest BCUT2D eigenvalue weighted by Crippen LogP contribution is 2.28. The number of carbonyl (C=O) groups is 1. The van der Waals surface area contributed by atoms with Crippen LogP contribution in [0.3, 0.4) is 0 Å². The van der Waals surface area contributed by atoms with E-state index in [1.807, 2.05) is 19.1 Å². The van der Waals surface area contributed by atoms with E-state index in [4.69, 9.17) is 4.74 Å². The van der Waals surface area contributed by atoms with Crippen LogP contribution in [0.1, 0.15) is 11.1 Å². The first kappa shape index (κ1) is 22.9. The van der Waals surface area contributed by atoms with Crippen molar-refractivity contribution in [1.82, 2.24) is 0 Å². The minimum absolute atomic E-state index is 0.0152. The van der Waals surface area contributed by atoms with Crippen LogP contribution in [0.2, 0.25) is 0 Å². The molecule has 3 aromatic rings. The van der Waals surface area contributed by atoms with Crippen molar-refractivity contribution in [3.8, 4) is 5.75 Å². The molecule has 0 aliphatic carbocycles. The molecular formula is C22H19N5O6. The van der Waals surface area contributed by atoms with Crippen LogP contribution in [0, 0.1) is 27.2 Å². The van der Waals surface area contributed by atoms with Gasteiger partial charge in [-0.3, -0.25) is 30.4 Å². The molecule has 0 aliphatic heterocycles. The largest absolute Gasteiger partial charge is 0.484 e. The molecule has 0 aliphatic rings. The zero-order valence-electron chi connectivity index (χ0n) is 17.4. The van der Waals surface area contributed by atoms with Gasteiger partial charge in [-0.1, -0.05) is 17.7 Å². The summed E-state index contributed by atoms with van der Waals surface area (Å²) in [4.78, 5) is 32.5. The molecule has 3 aromatic carbocycles. The van der Waals surface area contributed by atoms with Crippen molar-refractivity contribution in [2.75, 3.05) is 17.3 Å². The molecule has 0 fully saturated rings. The molecule has 0 radical (unpaired) electrons. The third kappa shape index (κ3) is 6.59. The lowest BCUT2D eigenvalue weighted by Crippen LogP contribution is -2.20. The van der Waals surface area contributed by atoms with Gasteiger partial charge in [0.05, 0.1) is 22.1 Å². The van der Waals surface area contributed by atoms with Gasteiger partial charge in [-0.15, -0.1) is 0 Å². The Bertz CT molecular complexity index is 1190. The molecule has 3 rings (SSSR count). The van der Waals surface area contributed by atoms with Crippen LogP contribution in [0.25, 0.3) is 0 Å². The minimum Gasteiger partial charge on any atom is -0.484 e. The molecule has 1 amide bonds. The number of hydrazone groups is 1. The number of nitro groups is 2. The number of anilines is 2. The van der Waals surface area contributed by atoms with E-state index in [9.17, 15) is 25.0 Å². The van der Waals surface area contributed by atoms with Gasteiger partial charge in [0.25, 0.3) is 11.6 Å².